The van der Waals surface area contributed by atoms with Gasteiger partial charge in [0.15, 0.2) is 0 Å². The van der Waals surface area contributed by atoms with Gasteiger partial charge in [0.05, 0.1) is 25.4 Å². The van der Waals surface area contributed by atoms with Crippen LogP contribution in [0.3, 0.4) is 0 Å². The average Bonchev–Trinajstić information content (AvgIpc) is 3.63. The quantitative estimate of drug-likeness (QED) is 0.182. The van der Waals surface area contributed by atoms with Crippen molar-refractivity contribution in [1.82, 2.24) is 0 Å². The molecule has 0 aromatic heterocycles. The van der Waals surface area contributed by atoms with Gasteiger partial charge in [-0.25, -0.2) is 0 Å². The molecule has 0 radical (unpaired) electrons. The normalized spacial score (nSPS) is 21.7. The molecule has 2 aliphatic heterocycles. The van der Waals surface area contributed by atoms with Gasteiger partial charge in [-0.15, -0.1) is 0 Å². The smallest absolute Gasteiger partial charge is 0.305 e. The van der Waals surface area contributed by atoms with Crippen LogP contribution in [0.5, 0.6) is 0 Å². The molecule has 30 heavy (non-hydrogen) atoms. The van der Waals surface area contributed by atoms with Crippen molar-refractivity contribution >= 4 is 11.9 Å². The molecule has 2 rings (SSSR count). The lowest BCUT2D eigenvalue weighted by atomic mass is 10.00. The van der Waals surface area contributed by atoms with E-state index in [-0.39, 0.29) is 24.1 Å². The highest BCUT2D eigenvalue weighted by Crippen LogP contribution is 2.15. The van der Waals surface area contributed by atoms with E-state index in [0.29, 0.717) is 52.1 Å². The third-order valence-corrected chi connectivity index (χ3v) is 5.37. The monoisotopic (exact) mass is 430 g/mol. The summed E-state index contributed by atoms with van der Waals surface area (Å²) in [6.07, 6.45) is 7.69. The molecule has 0 saturated carbocycles. The van der Waals surface area contributed by atoms with Crippen molar-refractivity contribution in [3.63, 3.8) is 0 Å². The molecule has 0 amide bonds. The standard InChI is InChI=1S/C22H38O8/c23-19(9-5-1-3-7-11-21(25)29-15-17-13-27-17)20(24)10-6-2-4-8-12-22(26)30-16-18-14-28-18/h17-20,23-24H,1-16H2. The Morgan fingerprint density at radius 3 is 1.43 bits per heavy atom. The first-order valence-electron chi connectivity index (χ1n) is 11.4. The molecule has 0 bridgehead atoms. The Morgan fingerprint density at radius 1 is 0.700 bits per heavy atom. The lowest BCUT2D eigenvalue weighted by Crippen LogP contribution is -2.25. The van der Waals surface area contributed by atoms with Crippen LogP contribution in [-0.2, 0) is 28.5 Å². The Bertz CT molecular complexity index is 446. The molecule has 0 aliphatic carbocycles. The van der Waals surface area contributed by atoms with E-state index in [1.165, 1.54) is 0 Å². The van der Waals surface area contributed by atoms with Crippen molar-refractivity contribution in [3.05, 3.63) is 0 Å². The maximum absolute atomic E-state index is 11.5. The summed E-state index contributed by atoms with van der Waals surface area (Å²) < 4.78 is 20.1. The highest BCUT2D eigenvalue weighted by molar-refractivity contribution is 5.69. The van der Waals surface area contributed by atoms with Crippen LogP contribution in [-0.4, -0.2) is 73.0 Å². The minimum Gasteiger partial charge on any atom is -0.463 e. The predicted octanol–water partition coefficient (Wildman–Crippen LogP) is 2.27. The van der Waals surface area contributed by atoms with Crippen molar-refractivity contribution in [2.24, 2.45) is 0 Å². The summed E-state index contributed by atoms with van der Waals surface area (Å²) in [5.41, 5.74) is 0. The number of ether oxygens (including phenoxy) is 4. The number of carbonyl (C=O) groups excluding carboxylic acids is 2. The molecule has 2 saturated heterocycles. The van der Waals surface area contributed by atoms with Gasteiger partial charge in [0, 0.05) is 12.8 Å². The second-order valence-corrected chi connectivity index (χ2v) is 8.32. The highest BCUT2D eigenvalue weighted by Gasteiger charge is 2.24. The van der Waals surface area contributed by atoms with Crippen LogP contribution in [0.2, 0.25) is 0 Å². The van der Waals surface area contributed by atoms with Gasteiger partial charge in [-0.1, -0.05) is 38.5 Å². The summed E-state index contributed by atoms with van der Waals surface area (Å²) in [7, 11) is 0. The van der Waals surface area contributed by atoms with Crippen LogP contribution in [0.4, 0.5) is 0 Å². The predicted molar refractivity (Wildman–Crippen MR) is 109 cm³/mol. The van der Waals surface area contributed by atoms with Crippen LogP contribution in [0.25, 0.3) is 0 Å². The minimum absolute atomic E-state index is 0.109. The Hall–Kier alpha value is -1.22. The van der Waals surface area contributed by atoms with Crippen LogP contribution in [0, 0.1) is 0 Å². The molecule has 2 fully saturated rings. The number of aliphatic hydroxyl groups is 2. The number of rotatable bonds is 19. The maximum Gasteiger partial charge on any atom is 0.305 e. The average molecular weight is 431 g/mol. The largest absolute Gasteiger partial charge is 0.463 e. The van der Waals surface area contributed by atoms with Gasteiger partial charge >= 0.3 is 11.9 Å². The zero-order valence-corrected chi connectivity index (χ0v) is 18.0. The van der Waals surface area contributed by atoms with Gasteiger partial charge < -0.3 is 29.2 Å². The molecule has 8 nitrogen and oxygen atoms in total. The van der Waals surface area contributed by atoms with E-state index in [2.05, 4.69) is 0 Å². The number of aliphatic hydroxyl groups excluding tert-OH is 2. The van der Waals surface area contributed by atoms with Crippen molar-refractivity contribution in [2.75, 3.05) is 26.4 Å². The minimum atomic E-state index is -0.701. The second-order valence-electron chi connectivity index (χ2n) is 8.32. The molecule has 2 N–H and O–H groups in total. The molecule has 174 valence electrons. The number of unbranched alkanes of at least 4 members (excludes halogenated alkanes) is 6. The van der Waals surface area contributed by atoms with Gasteiger partial charge in [0.25, 0.3) is 0 Å². The molecule has 2 heterocycles. The molecule has 4 atom stereocenters. The highest BCUT2D eigenvalue weighted by atomic mass is 16.6. The van der Waals surface area contributed by atoms with E-state index in [1.54, 1.807) is 0 Å². The van der Waals surface area contributed by atoms with Gasteiger partial charge in [-0.3, -0.25) is 9.59 Å². The summed E-state index contributed by atoms with van der Waals surface area (Å²) in [6.45, 7) is 2.11. The Morgan fingerprint density at radius 2 is 1.07 bits per heavy atom. The zero-order valence-electron chi connectivity index (χ0n) is 18.0. The third-order valence-electron chi connectivity index (χ3n) is 5.37. The Kier molecular flexibility index (Phi) is 12.3. The molecule has 0 aromatic carbocycles. The van der Waals surface area contributed by atoms with Crippen molar-refractivity contribution in [3.8, 4) is 0 Å². The van der Waals surface area contributed by atoms with Crippen molar-refractivity contribution in [2.45, 2.75) is 101 Å². The molecule has 4 unspecified atom stereocenters. The van der Waals surface area contributed by atoms with E-state index in [1.807, 2.05) is 0 Å². The molecule has 0 spiro atoms. The Balaban J connectivity index is 1.32. The SMILES string of the molecule is O=C(CCCCCCC(O)C(O)CCCCCCC(=O)OCC1CO1)OCC1CO1. The zero-order chi connectivity index (χ0) is 21.6. The summed E-state index contributed by atoms with van der Waals surface area (Å²) in [6, 6.07) is 0. The van der Waals surface area contributed by atoms with Crippen LogP contribution < -0.4 is 0 Å². The maximum atomic E-state index is 11.5. The molecule has 8 heteroatoms. The van der Waals surface area contributed by atoms with Gasteiger partial charge in [0.1, 0.15) is 25.4 Å². The van der Waals surface area contributed by atoms with Crippen LogP contribution in [0.15, 0.2) is 0 Å². The lowest BCUT2D eigenvalue weighted by molar-refractivity contribution is -0.145. The molecule has 2 aliphatic rings. The summed E-state index contributed by atoms with van der Waals surface area (Å²) >= 11 is 0. The molecular formula is C22H38O8. The van der Waals surface area contributed by atoms with E-state index in [9.17, 15) is 19.8 Å². The number of epoxide rings is 2. The van der Waals surface area contributed by atoms with Crippen LogP contribution in [0.1, 0.15) is 77.0 Å². The fourth-order valence-corrected chi connectivity index (χ4v) is 3.18. The second kappa shape index (κ2) is 14.7. The van der Waals surface area contributed by atoms with E-state index < -0.39 is 12.2 Å². The summed E-state index contributed by atoms with van der Waals surface area (Å²) in [5, 5.41) is 20.1. The first-order valence-corrected chi connectivity index (χ1v) is 11.4. The van der Waals surface area contributed by atoms with Crippen molar-refractivity contribution in [1.29, 1.82) is 0 Å². The Labute approximate surface area is 179 Å². The van der Waals surface area contributed by atoms with Gasteiger partial charge in [-0.05, 0) is 25.7 Å². The van der Waals surface area contributed by atoms with E-state index in [0.717, 1.165) is 51.4 Å². The van der Waals surface area contributed by atoms with Crippen LogP contribution >= 0.6 is 0 Å². The number of hydrogen-bond donors (Lipinski definition) is 2. The van der Waals surface area contributed by atoms with Crippen molar-refractivity contribution < 1.29 is 38.7 Å². The third kappa shape index (κ3) is 13.2. The topological polar surface area (TPSA) is 118 Å². The summed E-state index contributed by atoms with van der Waals surface area (Å²) in [5.74, 6) is -0.351. The first-order chi connectivity index (χ1) is 14.5. The molecule has 0 aromatic rings. The van der Waals surface area contributed by atoms with Gasteiger partial charge in [0.2, 0.25) is 0 Å². The number of carbonyl (C=O) groups is 2. The fraction of sp³-hybridized carbons (Fsp3) is 0.909. The number of esters is 2. The first kappa shape index (κ1) is 25.0. The number of hydrogen-bond acceptors (Lipinski definition) is 8. The van der Waals surface area contributed by atoms with E-state index in [4.69, 9.17) is 18.9 Å². The molecular weight excluding hydrogens is 392 g/mol. The lowest BCUT2D eigenvalue weighted by Gasteiger charge is -2.17. The van der Waals surface area contributed by atoms with E-state index >= 15 is 0 Å². The fourth-order valence-electron chi connectivity index (χ4n) is 3.18. The van der Waals surface area contributed by atoms with Gasteiger partial charge in [-0.2, -0.15) is 0 Å². The summed E-state index contributed by atoms with van der Waals surface area (Å²) in [4.78, 5) is 23.0.